The number of hydrogen-bond donors (Lipinski definition) is 1. The van der Waals surface area contributed by atoms with E-state index in [2.05, 4.69) is 10.3 Å². The Labute approximate surface area is 166 Å². The van der Waals surface area contributed by atoms with Gasteiger partial charge in [-0.15, -0.1) is 0 Å². The van der Waals surface area contributed by atoms with E-state index in [0.717, 1.165) is 0 Å². The summed E-state index contributed by atoms with van der Waals surface area (Å²) >= 11 is 0. The number of carbonyl (C=O) groups excluding carboxylic acids is 1. The van der Waals surface area contributed by atoms with Gasteiger partial charge in [-0.25, -0.2) is 4.98 Å². The standard InChI is InChI=1S/C20H20N4O5/c1-13(21-19(25)14-6-5-7-15(12-14)24(27)28)18-22-17-9-4-3-8-16(17)20(26)23(18)10-11-29-2/h3-9,12-13H,10-11H2,1-2H3,(H,21,25)/t13-/m0/s1. The lowest BCUT2D eigenvalue weighted by Gasteiger charge is -2.19. The Balaban J connectivity index is 1.96. The number of amides is 1. The Morgan fingerprint density at radius 2 is 2.03 bits per heavy atom. The zero-order chi connectivity index (χ0) is 21.0. The normalized spacial score (nSPS) is 11.9. The van der Waals surface area contributed by atoms with Crippen LogP contribution >= 0.6 is 0 Å². The number of fused-ring (bicyclic) bond motifs is 1. The number of methoxy groups -OCH3 is 1. The molecular formula is C20H20N4O5. The van der Waals surface area contributed by atoms with Gasteiger partial charge in [-0.1, -0.05) is 18.2 Å². The van der Waals surface area contributed by atoms with Crippen LogP contribution in [-0.4, -0.2) is 34.1 Å². The Morgan fingerprint density at radius 1 is 1.28 bits per heavy atom. The topological polar surface area (TPSA) is 116 Å². The van der Waals surface area contributed by atoms with Gasteiger partial charge < -0.3 is 10.1 Å². The minimum atomic E-state index is -0.615. The summed E-state index contributed by atoms with van der Waals surface area (Å²) < 4.78 is 6.57. The molecule has 9 nitrogen and oxygen atoms in total. The van der Waals surface area contributed by atoms with Crippen LogP contribution < -0.4 is 10.9 Å². The van der Waals surface area contributed by atoms with Gasteiger partial charge in [0.25, 0.3) is 17.2 Å². The summed E-state index contributed by atoms with van der Waals surface area (Å²) in [5, 5.41) is 14.2. The molecule has 0 spiro atoms. The van der Waals surface area contributed by atoms with Gasteiger partial charge >= 0.3 is 0 Å². The van der Waals surface area contributed by atoms with Gasteiger partial charge in [0.2, 0.25) is 0 Å². The van der Waals surface area contributed by atoms with Gasteiger partial charge in [0.05, 0.1) is 35.0 Å². The van der Waals surface area contributed by atoms with Crippen molar-refractivity contribution in [3.8, 4) is 0 Å². The van der Waals surface area contributed by atoms with E-state index in [4.69, 9.17) is 4.74 Å². The number of aromatic nitrogens is 2. The first-order valence-corrected chi connectivity index (χ1v) is 8.96. The van der Waals surface area contributed by atoms with Crippen molar-refractivity contribution < 1.29 is 14.5 Å². The van der Waals surface area contributed by atoms with Gasteiger partial charge in [-0.2, -0.15) is 0 Å². The number of carbonyl (C=O) groups is 1. The summed E-state index contributed by atoms with van der Waals surface area (Å²) in [5.41, 5.74) is 0.278. The molecule has 0 radical (unpaired) electrons. The van der Waals surface area contributed by atoms with Gasteiger partial charge in [0, 0.05) is 24.8 Å². The average molecular weight is 396 g/mol. The van der Waals surface area contributed by atoms with E-state index in [9.17, 15) is 19.7 Å². The van der Waals surface area contributed by atoms with E-state index in [1.54, 1.807) is 31.2 Å². The van der Waals surface area contributed by atoms with Gasteiger partial charge in [-0.3, -0.25) is 24.3 Å². The highest BCUT2D eigenvalue weighted by Crippen LogP contribution is 2.17. The molecule has 0 aliphatic heterocycles. The summed E-state index contributed by atoms with van der Waals surface area (Å²) in [6.07, 6.45) is 0. The van der Waals surface area contributed by atoms with Crippen molar-refractivity contribution in [1.29, 1.82) is 0 Å². The third kappa shape index (κ3) is 4.30. The van der Waals surface area contributed by atoms with Crippen molar-refractivity contribution >= 4 is 22.5 Å². The SMILES string of the molecule is COCCn1c([C@H](C)NC(=O)c2cccc([N+](=O)[O-])c2)nc2ccccc2c1=O. The van der Waals surface area contributed by atoms with E-state index >= 15 is 0 Å². The summed E-state index contributed by atoms with van der Waals surface area (Å²) in [6.45, 7) is 2.28. The molecule has 0 unspecified atom stereocenters. The highest BCUT2D eigenvalue weighted by Gasteiger charge is 2.20. The lowest BCUT2D eigenvalue weighted by molar-refractivity contribution is -0.384. The van der Waals surface area contributed by atoms with Crippen LogP contribution in [0.15, 0.2) is 53.3 Å². The number of para-hydroxylation sites is 1. The van der Waals surface area contributed by atoms with Crippen LogP contribution in [0.25, 0.3) is 10.9 Å². The van der Waals surface area contributed by atoms with E-state index in [1.165, 1.54) is 35.9 Å². The Kier molecular flexibility index (Phi) is 5.99. The first-order chi connectivity index (χ1) is 13.9. The predicted molar refractivity (Wildman–Crippen MR) is 107 cm³/mol. The fourth-order valence-electron chi connectivity index (χ4n) is 3.02. The van der Waals surface area contributed by atoms with Gasteiger partial charge in [-0.05, 0) is 25.1 Å². The summed E-state index contributed by atoms with van der Waals surface area (Å²) in [5.74, 6) is -0.119. The maximum atomic E-state index is 12.9. The highest BCUT2D eigenvalue weighted by atomic mass is 16.6. The fraction of sp³-hybridized carbons (Fsp3) is 0.250. The second-order valence-electron chi connectivity index (χ2n) is 6.44. The molecule has 0 aliphatic carbocycles. The molecule has 0 aliphatic rings. The lowest BCUT2D eigenvalue weighted by Crippen LogP contribution is -2.34. The van der Waals surface area contributed by atoms with Crippen LogP contribution in [0, 0.1) is 10.1 Å². The third-order valence-corrected chi connectivity index (χ3v) is 4.46. The van der Waals surface area contributed by atoms with Crippen LogP contribution in [0.2, 0.25) is 0 Å². The molecule has 1 atom stereocenters. The first-order valence-electron chi connectivity index (χ1n) is 8.96. The van der Waals surface area contributed by atoms with E-state index in [1.807, 2.05) is 0 Å². The molecule has 0 bridgehead atoms. The molecule has 3 rings (SSSR count). The van der Waals surface area contributed by atoms with Crippen molar-refractivity contribution in [1.82, 2.24) is 14.9 Å². The first kappa shape index (κ1) is 20.2. The number of nitro benzene ring substituents is 1. The zero-order valence-corrected chi connectivity index (χ0v) is 16.0. The molecule has 0 saturated carbocycles. The van der Waals surface area contributed by atoms with E-state index in [-0.39, 0.29) is 23.4 Å². The maximum Gasteiger partial charge on any atom is 0.270 e. The molecule has 29 heavy (non-hydrogen) atoms. The Morgan fingerprint density at radius 3 is 2.76 bits per heavy atom. The zero-order valence-electron chi connectivity index (χ0n) is 16.0. The molecule has 1 heterocycles. The number of nitrogens with zero attached hydrogens (tertiary/aromatic N) is 3. The molecule has 0 fully saturated rings. The molecule has 0 saturated heterocycles. The minimum Gasteiger partial charge on any atom is -0.383 e. The summed E-state index contributed by atoms with van der Waals surface area (Å²) in [6, 6.07) is 11.8. The molecular weight excluding hydrogens is 376 g/mol. The Bertz CT molecular complexity index is 1130. The quantitative estimate of drug-likeness (QED) is 0.484. The number of hydrogen-bond acceptors (Lipinski definition) is 6. The van der Waals surface area contributed by atoms with Crippen LogP contribution in [0.1, 0.15) is 29.1 Å². The monoisotopic (exact) mass is 396 g/mol. The second-order valence-corrected chi connectivity index (χ2v) is 6.44. The molecule has 1 aromatic heterocycles. The van der Waals surface area contributed by atoms with Crippen molar-refractivity contribution in [3.05, 3.63) is 80.4 Å². The van der Waals surface area contributed by atoms with Crippen LogP contribution in [-0.2, 0) is 11.3 Å². The lowest BCUT2D eigenvalue weighted by atomic mass is 10.1. The van der Waals surface area contributed by atoms with E-state index < -0.39 is 16.9 Å². The van der Waals surface area contributed by atoms with Crippen molar-refractivity contribution in [2.75, 3.05) is 13.7 Å². The molecule has 3 aromatic rings. The molecule has 9 heteroatoms. The van der Waals surface area contributed by atoms with Crippen LogP contribution in [0.4, 0.5) is 5.69 Å². The van der Waals surface area contributed by atoms with Crippen molar-refractivity contribution in [2.24, 2.45) is 0 Å². The molecule has 150 valence electrons. The predicted octanol–water partition coefficient (Wildman–Crippen LogP) is 2.44. The summed E-state index contributed by atoms with van der Waals surface area (Å²) in [4.78, 5) is 40.5. The molecule has 2 aromatic carbocycles. The highest BCUT2D eigenvalue weighted by molar-refractivity contribution is 5.95. The molecule has 1 N–H and O–H groups in total. The van der Waals surface area contributed by atoms with Gasteiger partial charge in [0.15, 0.2) is 0 Å². The third-order valence-electron chi connectivity index (χ3n) is 4.46. The van der Waals surface area contributed by atoms with Crippen LogP contribution in [0.3, 0.4) is 0 Å². The van der Waals surface area contributed by atoms with Crippen LogP contribution in [0.5, 0.6) is 0 Å². The number of rotatable bonds is 7. The van der Waals surface area contributed by atoms with Crippen molar-refractivity contribution in [2.45, 2.75) is 19.5 Å². The number of non-ortho nitro benzene ring substituents is 1. The largest absolute Gasteiger partial charge is 0.383 e. The summed E-state index contributed by atoms with van der Waals surface area (Å²) in [7, 11) is 1.53. The number of nitrogens with one attached hydrogen (secondary N) is 1. The smallest absolute Gasteiger partial charge is 0.270 e. The Hall–Kier alpha value is -3.59. The second kappa shape index (κ2) is 8.61. The minimum absolute atomic E-state index is 0.151. The number of ether oxygens (including phenoxy) is 1. The molecule has 1 amide bonds. The van der Waals surface area contributed by atoms with E-state index in [0.29, 0.717) is 23.3 Å². The maximum absolute atomic E-state index is 12.9. The average Bonchev–Trinajstić information content (AvgIpc) is 2.73. The fourth-order valence-corrected chi connectivity index (χ4v) is 3.02. The van der Waals surface area contributed by atoms with Crippen molar-refractivity contribution in [3.63, 3.8) is 0 Å². The number of benzene rings is 2. The van der Waals surface area contributed by atoms with Gasteiger partial charge in [0.1, 0.15) is 5.82 Å². The number of nitro groups is 1.